The minimum Gasteiger partial charge on any atom is -0.467 e. The van der Waals surface area contributed by atoms with Gasteiger partial charge >= 0.3 is 5.97 Å². The summed E-state index contributed by atoms with van der Waals surface area (Å²) < 4.78 is 18.2. The van der Waals surface area contributed by atoms with Gasteiger partial charge in [-0.05, 0) is 23.8 Å². The summed E-state index contributed by atoms with van der Waals surface area (Å²) in [5, 5.41) is 11.8. The van der Waals surface area contributed by atoms with E-state index in [1.807, 2.05) is 12.1 Å². The first-order valence-electron chi connectivity index (χ1n) is 6.24. The smallest absolute Gasteiger partial charge is 0.332 e. The number of methoxy groups -OCH3 is 1. The number of nitriles is 1. The molecule has 0 aromatic heterocycles. The minimum atomic E-state index is -0.774. The molecule has 0 fully saturated rings. The Kier molecular flexibility index (Phi) is 4.52. The fourth-order valence-electron chi connectivity index (χ4n) is 1.95. The molecule has 0 aliphatic rings. The van der Waals surface area contributed by atoms with Gasteiger partial charge in [-0.15, -0.1) is 0 Å². The lowest BCUT2D eigenvalue weighted by molar-refractivity contribution is -0.141. The molecule has 0 aliphatic carbocycles. The second-order valence-electron chi connectivity index (χ2n) is 4.35. The standard InChI is InChI=1S/C16H13FN2O2/c1-21-16(20)15(12-5-3-2-4-6-12)19-14-8-11(10-18)7-13(17)9-14/h2-9,15,19H,1H3. The van der Waals surface area contributed by atoms with Crippen LogP contribution in [0.2, 0.25) is 0 Å². The molecule has 106 valence electrons. The molecular formula is C16H13FN2O2. The Hall–Kier alpha value is -2.87. The molecule has 1 N–H and O–H groups in total. The number of anilines is 1. The average Bonchev–Trinajstić information content (AvgIpc) is 2.52. The van der Waals surface area contributed by atoms with Crippen molar-refractivity contribution in [2.24, 2.45) is 0 Å². The molecule has 1 atom stereocenters. The topological polar surface area (TPSA) is 62.1 Å². The van der Waals surface area contributed by atoms with E-state index in [1.165, 1.54) is 19.2 Å². The Bertz CT molecular complexity index is 680. The number of esters is 1. The van der Waals surface area contributed by atoms with Gasteiger partial charge < -0.3 is 10.1 Å². The highest BCUT2D eigenvalue weighted by molar-refractivity contribution is 5.81. The van der Waals surface area contributed by atoms with Gasteiger partial charge in [0.05, 0.1) is 18.7 Å². The fraction of sp³-hybridized carbons (Fsp3) is 0.125. The average molecular weight is 284 g/mol. The number of benzene rings is 2. The van der Waals surface area contributed by atoms with E-state index < -0.39 is 17.8 Å². The molecule has 2 aromatic rings. The number of rotatable bonds is 4. The largest absolute Gasteiger partial charge is 0.467 e. The van der Waals surface area contributed by atoms with E-state index in [1.54, 1.807) is 24.3 Å². The Morgan fingerprint density at radius 3 is 2.62 bits per heavy atom. The predicted molar refractivity (Wildman–Crippen MR) is 75.9 cm³/mol. The summed E-state index contributed by atoms with van der Waals surface area (Å²) in [5.41, 5.74) is 1.20. The third kappa shape index (κ3) is 3.57. The molecule has 0 spiro atoms. The van der Waals surface area contributed by atoms with E-state index in [0.29, 0.717) is 11.3 Å². The number of nitrogens with one attached hydrogen (secondary N) is 1. The van der Waals surface area contributed by atoms with Crippen LogP contribution in [0.5, 0.6) is 0 Å². The van der Waals surface area contributed by atoms with Crippen molar-refractivity contribution in [1.82, 2.24) is 0 Å². The van der Waals surface area contributed by atoms with Crippen molar-refractivity contribution in [3.63, 3.8) is 0 Å². The normalized spacial score (nSPS) is 11.3. The molecule has 1 unspecified atom stereocenters. The number of halogens is 1. The van der Waals surface area contributed by atoms with Crippen LogP contribution >= 0.6 is 0 Å². The molecule has 0 aliphatic heterocycles. The molecule has 2 aromatic carbocycles. The van der Waals surface area contributed by atoms with Crippen molar-refractivity contribution in [3.05, 3.63) is 65.5 Å². The Labute approximate surface area is 121 Å². The van der Waals surface area contributed by atoms with E-state index in [9.17, 15) is 9.18 Å². The minimum absolute atomic E-state index is 0.175. The van der Waals surface area contributed by atoms with Crippen LogP contribution in [-0.4, -0.2) is 13.1 Å². The maximum absolute atomic E-state index is 13.4. The summed E-state index contributed by atoms with van der Waals surface area (Å²) >= 11 is 0. The van der Waals surface area contributed by atoms with Crippen molar-refractivity contribution >= 4 is 11.7 Å². The lowest BCUT2D eigenvalue weighted by atomic mass is 10.1. The van der Waals surface area contributed by atoms with Crippen molar-refractivity contribution in [3.8, 4) is 6.07 Å². The Morgan fingerprint density at radius 2 is 2.00 bits per heavy atom. The van der Waals surface area contributed by atoms with Gasteiger partial charge in [0, 0.05) is 5.69 Å². The molecule has 0 saturated carbocycles. The highest BCUT2D eigenvalue weighted by Crippen LogP contribution is 2.22. The second-order valence-corrected chi connectivity index (χ2v) is 4.35. The molecule has 0 radical (unpaired) electrons. The van der Waals surface area contributed by atoms with Gasteiger partial charge in [0.2, 0.25) is 0 Å². The quantitative estimate of drug-likeness (QED) is 0.877. The first-order chi connectivity index (χ1) is 10.1. The number of ether oxygens (including phenoxy) is 1. The van der Waals surface area contributed by atoms with Crippen molar-refractivity contribution < 1.29 is 13.9 Å². The summed E-state index contributed by atoms with van der Waals surface area (Å²) in [7, 11) is 1.28. The van der Waals surface area contributed by atoms with Crippen LogP contribution in [0.4, 0.5) is 10.1 Å². The SMILES string of the molecule is COC(=O)C(Nc1cc(F)cc(C#N)c1)c1ccccc1. The van der Waals surface area contributed by atoms with E-state index in [2.05, 4.69) is 5.32 Å². The van der Waals surface area contributed by atoms with E-state index in [0.717, 1.165) is 6.07 Å². The first kappa shape index (κ1) is 14.5. The number of hydrogen-bond acceptors (Lipinski definition) is 4. The molecule has 4 nitrogen and oxygen atoms in total. The van der Waals surface area contributed by atoms with Crippen LogP contribution in [0.3, 0.4) is 0 Å². The highest BCUT2D eigenvalue weighted by Gasteiger charge is 2.21. The first-order valence-corrected chi connectivity index (χ1v) is 6.24. The number of nitrogens with zero attached hydrogens (tertiary/aromatic N) is 1. The number of carbonyl (C=O) groups is 1. The van der Waals surface area contributed by atoms with E-state index >= 15 is 0 Å². The lowest BCUT2D eigenvalue weighted by Gasteiger charge is -2.18. The van der Waals surface area contributed by atoms with Crippen LogP contribution in [0.15, 0.2) is 48.5 Å². The van der Waals surface area contributed by atoms with Crippen molar-refractivity contribution in [2.45, 2.75) is 6.04 Å². The maximum Gasteiger partial charge on any atom is 0.332 e. The van der Waals surface area contributed by atoms with Crippen molar-refractivity contribution in [2.75, 3.05) is 12.4 Å². The molecular weight excluding hydrogens is 271 g/mol. The van der Waals surface area contributed by atoms with Crippen LogP contribution in [0.1, 0.15) is 17.2 Å². The Morgan fingerprint density at radius 1 is 1.29 bits per heavy atom. The summed E-state index contributed by atoms with van der Waals surface area (Å²) in [6, 6.07) is 13.9. The van der Waals surface area contributed by atoms with Crippen molar-refractivity contribution in [1.29, 1.82) is 5.26 Å². The molecule has 5 heteroatoms. The Balaban J connectivity index is 2.34. The maximum atomic E-state index is 13.4. The molecule has 0 amide bonds. The zero-order valence-electron chi connectivity index (χ0n) is 11.3. The molecule has 2 rings (SSSR count). The van der Waals surface area contributed by atoms with Crippen LogP contribution in [-0.2, 0) is 9.53 Å². The summed E-state index contributed by atoms with van der Waals surface area (Å²) in [6.07, 6.45) is 0. The van der Waals surface area contributed by atoms with Gasteiger partial charge in [0.1, 0.15) is 5.82 Å². The van der Waals surface area contributed by atoms with Gasteiger partial charge in [-0.3, -0.25) is 0 Å². The fourth-order valence-corrected chi connectivity index (χ4v) is 1.95. The summed E-state index contributed by atoms with van der Waals surface area (Å²) in [5.74, 6) is -1.04. The molecule has 0 saturated heterocycles. The van der Waals surface area contributed by atoms with Gasteiger partial charge in [-0.2, -0.15) is 5.26 Å². The monoisotopic (exact) mass is 284 g/mol. The molecule has 0 bridgehead atoms. The van der Waals surface area contributed by atoms with Crippen LogP contribution < -0.4 is 5.32 Å². The van der Waals surface area contributed by atoms with Gasteiger partial charge in [0.25, 0.3) is 0 Å². The third-order valence-electron chi connectivity index (χ3n) is 2.91. The zero-order valence-corrected chi connectivity index (χ0v) is 11.3. The number of hydrogen-bond donors (Lipinski definition) is 1. The highest BCUT2D eigenvalue weighted by atomic mass is 19.1. The zero-order chi connectivity index (χ0) is 15.2. The predicted octanol–water partition coefficient (Wildman–Crippen LogP) is 3.02. The second kappa shape index (κ2) is 6.53. The van der Waals surface area contributed by atoms with E-state index in [-0.39, 0.29) is 5.56 Å². The van der Waals surface area contributed by atoms with Gasteiger partial charge in [-0.1, -0.05) is 30.3 Å². The molecule has 21 heavy (non-hydrogen) atoms. The third-order valence-corrected chi connectivity index (χ3v) is 2.91. The lowest BCUT2D eigenvalue weighted by Crippen LogP contribution is -2.22. The summed E-state index contributed by atoms with van der Waals surface area (Å²) in [4.78, 5) is 11.9. The number of carbonyl (C=O) groups excluding carboxylic acids is 1. The summed E-state index contributed by atoms with van der Waals surface area (Å²) in [6.45, 7) is 0. The van der Waals surface area contributed by atoms with Gasteiger partial charge in [-0.25, -0.2) is 9.18 Å². The van der Waals surface area contributed by atoms with Crippen LogP contribution in [0.25, 0.3) is 0 Å². The molecule has 0 heterocycles. The van der Waals surface area contributed by atoms with Gasteiger partial charge in [0.15, 0.2) is 6.04 Å². The van der Waals surface area contributed by atoms with Crippen LogP contribution in [0, 0.1) is 17.1 Å². The van der Waals surface area contributed by atoms with E-state index in [4.69, 9.17) is 10.00 Å².